The molecule has 0 bridgehead atoms. The highest BCUT2D eigenvalue weighted by atomic mass is 16.2. The molecule has 2 aliphatic carbocycles. The third kappa shape index (κ3) is 3.88. The van der Waals surface area contributed by atoms with Crippen LogP contribution in [0.4, 0.5) is 5.69 Å². The fourth-order valence-electron chi connectivity index (χ4n) is 4.52. The van der Waals surface area contributed by atoms with Crippen molar-refractivity contribution < 1.29 is 9.59 Å². The number of likely N-dealkylation sites (N-methyl/N-ethyl adjacent to an activating group) is 1. The maximum absolute atomic E-state index is 12.6. The second kappa shape index (κ2) is 8.03. The SMILES string of the molecule is CNC(=O)C1(c2ccc(NC(=O)C3CCCCC3)cc2)CCCCC1. The third-order valence-electron chi connectivity index (χ3n) is 6.05. The Morgan fingerprint density at radius 1 is 0.920 bits per heavy atom. The Morgan fingerprint density at radius 2 is 1.52 bits per heavy atom. The van der Waals surface area contributed by atoms with Gasteiger partial charge in [0.25, 0.3) is 0 Å². The minimum atomic E-state index is -0.404. The van der Waals surface area contributed by atoms with Crippen molar-refractivity contribution in [1.82, 2.24) is 5.32 Å². The van der Waals surface area contributed by atoms with Crippen molar-refractivity contribution in [2.75, 3.05) is 12.4 Å². The van der Waals surface area contributed by atoms with Gasteiger partial charge in [-0.15, -0.1) is 0 Å². The Balaban J connectivity index is 1.72. The van der Waals surface area contributed by atoms with E-state index in [0.29, 0.717) is 0 Å². The Morgan fingerprint density at radius 3 is 2.12 bits per heavy atom. The minimum Gasteiger partial charge on any atom is -0.358 e. The van der Waals surface area contributed by atoms with Crippen molar-refractivity contribution in [3.63, 3.8) is 0 Å². The van der Waals surface area contributed by atoms with Gasteiger partial charge in [0.15, 0.2) is 0 Å². The molecular weight excluding hydrogens is 312 g/mol. The zero-order chi connectivity index (χ0) is 17.7. The zero-order valence-corrected chi connectivity index (χ0v) is 15.3. The first kappa shape index (κ1) is 18.0. The van der Waals surface area contributed by atoms with Crippen molar-refractivity contribution in [3.05, 3.63) is 29.8 Å². The molecule has 0 radical (unpaired) electrons. The topological polar surface area (TPSA) is 58.2 Å². The number of benzene rings is 1. The van der Waals surface area contributed by atoms with Crippen LogP contribution in [-0.2, 0) is 15.0 Å². The molecule has 0 aromatic heterocycles. The number of carbonyl (C=O) groups is 2. The summed E-state index contributed by atoms with van der Waals surface area (Å²) < 4.78 is 0. The Kier molecular flexibility index (Phi) is 5.77. The van der Waals surface area contributed by atoms with Crippen LogP contribution in [0.2, 0.25) is 0 Å². The summed E-state index contributed by atoms with van der Waals surface area (Å²) in [6.07, 6.45) is 10.8. The van der Waals surface area contributed by atoms with E-state index in [1.807, 2.05) is 24.3 Å². The van der Waals surface area contributed by atoms with E-state index in [1.165, 1.54) is 12.8 Å². The van der Waals surface area contributed by atoms with Gasteiger partial charge in [0.05, 0.1) is 5.41 Å². The monoisotopic (exact) mass is 342 g/mol. The Bertz CT molecular complexity index is 597. The summed E-state index contributed by atoms with van der Waals surface area (Å²) in [6.45, 7) is 0. The molecule has 2 amide bonds. The van der Waals surface area contributed by atoms with Gasteiger partial charge in [-0.05, 0) is 43.4 Å². The van der Waals surface area contributed by atoms with E-state index in [0.717, 1.165) is 62.6 Å². The van der Waals surface area contributed by atoms with Crippen LogP contribution in [0.25, 0.3) is 0 Å². The molecule has 0 aliphatic heterocycles. The fraction of sp³-hybridized carbons (Fsp3) is 0.619. The summed E-state index contributed by atoms with van der Waals surface area (Å²) in [7, 11) is 1.72. The highest BCUT2D eigenvalue weighted by molar-refractivity contribution is 5.93. The first-order valence-electron chi connectivity index (χ1n) is 9.79. The van der Waals surface area contributed by atoms with Crippen molar-refractivity contribution in [1.29, 1.82) is 0 Å². The predicted molar refractivity (Wildman–Crippen MR) is 100 cm³/mol. The standard InChI is InChI=1S/C21H30N2O2/c1-22-20(25)21(14-6-3-7-15-21)17-10-12-18(13-11-17)23-19(24)16-8-4-2-5-9-16/h10-13,16H,2-9,14-15H2,1H3,(H,22,25)(H,23,24). The highest BCUT2D eigenvalue weighted by Crippen LogP contribution is 2.40. The van der Waals surface area contributed by atoms with Gasteiger partial charge >= 0.3 is 0 Å². The average Bonchev–Trinajstić information content (AvgIpc) is 2.69. The molecule has 0 saturated heterocycles. The van der Waals surface area contributed by atoms with Crippen LogP contribution in [0.1, 0.15) is 69.8 Å². The van der Waals surface area contributed by atoms with Crippen LogP contribution in [0.3, 0.4) is 0 Å². The van der Waals surface area contributed by atoms with Gasteiger partial charge < -0.3 is 10.6 Å². The lowest BCUT2D eigenvalue weighted by molar-refractivity contribution is -0.127. The van der Waals surface area contributed by atoms with Crippen molar-refractivity contribution in [3.8, 4) is 0 Å². The molecule has 4 nitrogen and oxygen atoms in total. The molecule has 136 valence electrons. The normalized spacial score (nSPS) is 20.7. The lowest BCUT2D eigenvalue weighted by Crippen LogP contribution is -2.44. The van der Waals surface area contributed by atoms with Crippen molar-refractivity contribution in [2.45, 2.75) is 69.6 Å². The van der Waals surface area contributed by atoms with E-state index < -0.39 is 5.41 Å². The molecule has 3 rings (SSSR count). The maximum Gasteiger partial charge on any atom is 0.230 e. The van der Waals surface area contributed by atoms with Crippen LogP contribution < -0.4 is 10.6 Å². The molecule has 4 heteroatoms. The predicted octanol–water partition coefficient (Wildman–Crippen LogP) is 4.15. The van der Waals surface area contributed by atoms with Gasteiger partial charge in [0, 0.05) is 18.7 Å². The molecule has 1 aromatic carbocycles. The van der Waals surface area contributed by atoms with E-state index in [2.05, 4.69) is 10.6 Å². The molecule has 0 atom stereocenters. The number of rotatable bonds is 4. The smallest absolute Gasteiger partial charge is 0.230 e. The molecule has 0 spiro atoms. The van der Waals surface area contributed by atoms with Crippen molar-refractivity contribution in [2.24, 2.45) is 5.92 Å². The minimum absolute atomic E-state index is 0.117. The lowest BCUT2D eigenvalue weighted by atomic mass is 9.68. The van der Waals surface area contributed by atoms with Crippen LogP contribution >= 0.6 is 0 Å². The summed E-state index contributed by atoms with van der Waals surface area (Å²) >= 11 is 0. The quantitative estimate of drug-likeness (QED) is 0.863. The second-order valence-electron chi connectivity index (χ2n) is 7.62. The van der Waals surface area contributed by atoms with Gasteiger partial charge in [-0.25, -0.2) is 0 Å². The average molecular weight is 342 g/mol. The molecule has 25 heavy (non-hydrogen) atoms. The van der Waals surface area contributed by atoms with Crippen LogP contribution in [0.15, 0.2) is 24.3 Å². The number of nitrogens with one attached hydrogen (secondary N) is 2. The summed E-state index contributed by atoms with van der Waals surface area (Å²) in [5, 5.41) is 5.91. The zero-order valence-electron chi connectivity index (χ0n) is 15.3. The molecule has 2 saturated carbocycles. The molecule has 2 fully saturated rings. The molecule has 0 unspecified atom stereocenters. The number of hydrogen-bond donors (Lipinski definition) is 2. The van der Waals surface area contributed by atoms with Gasteiger partial charge in [-0.3, -0.25) is 9.59 Å². The fourth-order valence-corrected chi connectivity index (χ4v) is 4.52. The van der Waals surface area contributed by atoms with E-state index in [4.69, 9.17) is 0 Å². The first-order valence-corrected chi connectivity index (χ1v) is 9.79. The van der Waals surface area contributed by atoms with Gasteiger partial charge in [0.2, 0.25) is 11.8 Å². The molecule has 2 aliphatic rings. The Labute approximate surface area is 150 Å². The summed E-state index contributed by atoms with van der Waals surface area (Å²) in [4.78, 5) is 25.0. The second-order valence-corrected chi connectivity index (χ2v) is 7.62. The highest BCUT2D eigenvalue weighted by Gasteiger charge is 2.40. The maximum atomic E-state index is 12.6. The van der Waals surface area contributed by atoms with Crippen molar-refractivity contribution >= 4 is 17.5 Å². The summed E-state index contributed by atoms with van der Waals surface area (Å²) in [5.41, 5.74) is 1.50. The van der Waals surface area contributed by atoms with E-state index in [9.17, 15) is 9.59 Å². The number of hydrogen-bond acceptors (Lipinski definition) is 2. The van der Waals surface area contributed by atoms with E-state index in [-0.39, 0.29) is 17.7 Å². The number of anilines is 1. The Hall–Kier alpha value is -1.84. The molecular formula is C21H30N2O2. The number of carbonyl (C=O) groups excluding carboxylic acids is 2. The van der Waals surface area contributed by atoms with Gasteiger partial charge in [0.1, 0.15) is 0 Å². The molecule has 0 heterocycles. The number of amides is 2. The summed E-state index contributed by atoms with van der Waals surface area (Å²) in [6, 6.07) is 7.96. The van der Waals surface area contributed by atoms with Crippen LogP contribution in [0.5, 0.6) is 0 Å². The van der Waals surface area contributed by atoms with E-state index in [1.54, 1.807) is 7.05 Å². The molecule has 1 aromatic rings. The van der Waals surface area contributed by atoms with E-state index >= 15 is 0 Å². The third-order valence-corrected chi connectivity index (χ3v) is 6.05. The summed E-state index contributed by atoms with van der Waals surface area (Å²) in [5.74, 6) is 0.418. The van der Waals surface area contributed by atoms with Crippen LogP contribution in [0, 0.1) is 5.92 Å². The molecule has 2 N–H and O–H groups in total. The van der Waals surface area contributed by atoms with Crippen LogP contribution in [-0.4, -0.2) is 18.9 Å². The first-order chi connectivity index (χ1) is 12.2. The largest absolute Gasteiger partial charge is 0.358 e. The lowest BCUT2D eigenvalue weighted by Gasteiger charge is -2.36. The van der Waals surface area contributed by atoms with Gasteiger partial charge in [-0.2, -0.15) is 0 Å². The van der Waals surface area contributed by atoms with Gasteiger partial charge in [-0.1, -0.05) is 50.7 Å².